The van der Waals surface area contributed by atoms with Crippen LogP contribution in [-0.2, 0) is 17.8 Å². The molecule has 0 bridgehead atoms. The van der Waals surface area contributed by atoms with Crippen LogP contribution in [0.5, 0.6) is 5.75 Å². The molecule has 0 unspecified atom stereocenters. The molecule has 23 heavy (non-hydrogen) atoms. The topological polar surface area (TPSA) is 77.0 Å². The molecular formula is C14H11FN4O2S2. The molecule has 0 radical (unpaired) electrons. The molecule has 0 saturated carbocycles. The second kappa shape index (κ2) is 7.25. The number of amides is 1. The molecule has 118 valence electrons. The molecule has 2 heterocycles. The number of nitrogens with zero attached hydrogens (tertiary/aromatic N) is 3. The number of anilines is 1. The van der Waals surface area contributed by atoms with E-state index in [-0.39, 0.29) is 24.8 Å². The van der Waals surface area contributed by atoms with Crippen LogP contribution in [0.1, 0.15) is 10.7 Å². The van der Waals surface area contributed by atoms with Crippen molar-refractivity contribution in [2.45, 2.75) is 13.0 Å². The van der Waals surface area contributed by atoms with Crippen molar-refractivity contribution < 1.29 is 13.9 Å². The predicted octanol–water partition coefficient (Wildman–Crippen LogP) is 2.89. The van der Waals surface area contributed by atoms with E-state index in [0.717, 1.165) is 5.01 Å². The Morgan fingerprint density at radius 3 is 2.83 bits per heavy atom. The number of nitrogens with one attached hydrogen (secondary N) is 1. The summed E-state index contributed by atoms with van der Waals surface area (Å²) in [6, 6.07) is 5.78. The van der Waals surface area contributed by atoms with Crippen molar-refractivity contribution in [2.24, 2.45) is 0 Å². The molecule has 0 aliphatic rings. The molecule has 0 spiro atoms. The van der Waals surface area contributed by atoms with Crippen LogP contribution >= 0.6 is 22.7 Å². The average Bonchev–Trinajstić information content (AvgIpc) is 3.19. The van der Waals surface area contributed by atoms with E-state index in [4.69, 9.17) is 4.74 Å². The first-order valence-corrected chi connectivity index (χ1v) is 8.32. The smallest absolute Gasteiger partial charge is 0.232 e. The van der Waals surface area contributed by atoms with Crippen molar-refractivity contribution in [3.8, 4) is 5.75 Å². The number of carbonyl (C=O) groups excluding carboxylic acids is 1. The molecule has 6 nitrogen and oxygen atoms in total. The minimum absolute atomic E-state index is 0.159. The maximum absolute atomic E-state index is 12.8. The lowest BCUT2D eigenvalue weighted by Gasteiger charge is -2.03. The highest BCUT2D eigenvalue weighted by Crippen LogP contribution is 2.16. The molecule has 2 aromatic heterocycles. The largest absolute Gasteiger partial charge is 0.486 e. The highest BCUT2D eigenvalue weighted by molar-refractivity contribution is 7.13. The van der Waals surface area contributed by atoms with Gasteiger partial charge < -0.3 is 10.1 Å². The summed E-state index contributed by atoms with van der Waals surface area (Å²) in [6.45, 7) is 0.272. The number of rotatable bonds is 6. The number of benzene rings is 1. The summed E-state index contributed by atoms with van der Waals surface area (Å²) in [6.07, 6.45) is 0.159. The van der Waals surface area contributed by atoms with Gasteiger partial charge in [0, 0.05) is 5.38 Å². The first kappa shape index (κ1) is 15.5. The van der Waals surface area contributed by atoms with Crippen LogP contribution in [0.25, 0.3) is 0 Å². The fraction of sp³-hybridized carbons (Fsp3) is 0.143. The van der Waals surface area contributed by atoms with Gasteiger partial charge in [0.05, 0.1) is 12.1 Å². The third kappa shape index (κ3) is 4.54. The van der Waals surface area contributed by atoms with Gasteiger partial charge in [-0.05, 0) is 24.3 Å². The van der Waals surface area contributed by atoms with Gasteiger partial charge in [0.25, 0.3) is 0 Å². The zero-order chi connectivity index (χ0) is 16.1. The van der Waals surface area contributed by atoms with Gasteiger partial charge >= 0.3 is 0 Å². The molecular weight excluding hydrogens is 339 g/mol. The number of carbonyl (C=O) groups is 1. The maximum Gasteiger partial charge on any atom is 0.232 e. The van der Waals surface area contributed by atoms with Gasteiger partial charge in [-0.3, -0.25) is 4.79 Å². The Balaban J connectivity index is 1.51. The van der Waals surface area contributed by atoms with Crippen LogP contribution < -0.4 is 10.1 Å². The lowest BCUT2D eigenvalue weighted by atomic mass is 10.3. The van der Waals surface area contributed by atoms with E-state index < -0.39 is 0 Å². The summed E-state index contributed by atoms with van der Waals surface area (Å²) in [5.74, 6) is 0.0607. The standard InChI is InChI=1S/C14H11FN4O2S2/c15-9-1-3-11(4-2-9)21-6-13-17-10(7-22-13)5-12(20)18-14-19-16-8-23-14/h1-4,7-8H,5-6H2,(H,18,19,20). The molecule has 0 aliphatic carbocycles. The van der Waals surface area contributed by atoms with Crippen molar-refractivity contribution in [3.63, 3.8) is 0 Å². The molecule has 9 heteroatoms. The fourth-order valence-electron chi connectivity index (χ4n) is 1.73. The number of halogens is 1. The summed E-state index contributed by atoms with van der Waals surface area (Å²) in [5.41, 5.74) is 2.21. The molecule has 3 aromatic rings. The van der Waals surface area contributed by atoms with Gasteiger partial charge in [0.15, 0.2) is 0 Å². The van der Waals surface area contributed by atoms with Crippen LogP contribution in [0.2, 0.25) is 0 Å². The van der Waals surface area contributed by atoms with Gasteiger partial charge in [-0.15, -0.1) is 21.5 Å². The van der Waals surface area contributed by atoms with Crippen LogP contribution in [-0.4, -0.2) is 21.1 Å². The number of ether oxygens (including phenoxy) is 1. The third-order valence-corrected chi connectivity index (χ3v) is 4.20. The van der Waals surface area contributed by atoms with Crippen molar-refractivity contribution in [1.29, 1.82) is 0 Å². The van der Waals surface area contributed by atoms with E-state index in [1.54, 1.807) is 17.6 Å². The van der Waals surface area contributed by atoms with E-state index >= 15 is 0 Å². The summed E-state index contributed by atoms with van der Waals surface area (Å²) in [5, 5.41) is 13.1. The Morgan fingerprint density at radius 2 is 2.09 bits per heavy atom. The van der Waals surface area contributed by atoms with Gasteiger partial charge in [0.1, 0.15) is 28.7 Å². The summed E-state index contributed by atoms with van der Waals surface area (Å²) < 4.78 is 18.3. The molecule has 1 amide bonds. The van der Waals surface area contributed by atoms with Gasteiger partial charge in [-0.2, -0.15) is 0 Å². The predicted molar refractivity (Wildman–Crippen MR) is 85.1 cm³/mol. The SMILES string of the molecule is O=C(Cc1csc(COc2ccc(F)cc2)n1)Nc1nncs1. The molecule has 3 rings (SSSR count). The van der Waals surface area contributed by atoms with Crippen molar-refractivity contribution in [3.05, 3.63) is 51.7 Å². The van der Waals surface area contributed by atoms with Gasteiger partial charge in [0.2, 0.25) is 11.0 Å². The van der Waals surface area contributed by atoms with E-state index in [0.29, 0.717) is 16.6 Å². The number of hydrogen-bond donors (Lipinski definition) is 1. The summed E-state index contributed by atoms with van der Waals surface area (Å²) in [7, 11) is 0. The highest BCUT2D eigenvalue weighted by Gasteiger charge is 2.10. The molecule has 1 N–H and O–H groups in total. The average molecular weight is 350 g/mol. The first-order chi connectivity index (χ1) is 11.2. The lowest BCUT2D eigenvalue weighted by molar-refractivity contribution is -0.115. The Kier molecular flexibility index (Phi) is 4.89. The fourth-order valence-corrected chi connectivity index (χ4v) is 2.89. The minimum atomic E-state index is -0.310. The summed E-state index contributed by atoms with van der Waals surface area (Å²) >= 11 is 2.66. The Hall–Kier alpha value is -2.39. The quantitative estimate of drug-likeness (QED) is 0.740. The van der Waals surface area contributed by atoms with Crippen LogP contribution in [0.4, 0.5) is 9.52 Å². The molecule has 1 aromatic carbocycles. The van der Waals surface area contributed by atoms with E-state index in [1.807, 2.05) is 5.38 Å². The molecule has 0 aliphatic heterocycles. The zero-order valence-electron chi connectivity index (χ0n) is 11.7. The maximum atomic E-state index is 12.8. The molecule has 0 atom stereocenters. The Labute approximate surface area is 139 Å². The van der Waals surface area contributed by atoms with Gasteiger partial charge in [-0.1, -0.05) is 11.3 Å². The lowest BCUT2D eigenvalue weighted by Crippen LogP contribution is -2.14. The monoisotopic (exact) mass is 350 g/mol. The van der Waals surface area contributed by atoms with Crippen molar-refractivity contribution in [2.75, 3.05) is 5.32 Å². The number of thiazole rings is 1. The number of hydrogen-bond acceptors (Lipinski definition) is 7. The Morgan fingerprint density at radius 1 is 1.26 bits per heavy atom. The third-order valence-electron chi connectivity index (χ3n) is 2.72. The van der Waals surface area contributed by atoms with E-state index in [9.17, 15) is 9.18 Å². The van der Waals surface area contributed by atoms with Gasteiger partial charge in [-0.25, -0.2) is 9.37 Å². The van der Waals surface area contributed by atoms with Crippen molar-refractivity contribution in [1.82, 2.24) is 15.2 Å². The number of aromatic nitrogens is 3. The van der Waals surface area contributed by atoms with E-state index in [2.05, 4.69) is 20.5 Å². The molecule has 0 fully saturated rings. The van der Waals surface area contributed by atoms with Crippen LogP contribution in [0.3, 0.4) is 0 Å². The normalized spacial score (nSPS) is 10.5. The molecule has 0 saturated heterocycles. The zero-order valence-corrected chi connectivity index (χ0v) is 13.4. The van der Waals surface area contributed by atoms with Crippen molar-refractivity contribution >= 4 is 33.7 Å². The minimum Gasteiger partial charge on any atom is -0.486 e. The highest BCUT2D eigenvalue weighted by atomic mass is 32.1. The van der Waals surface area contributed by atoms with Crippen LogP contribution in [0, 0.1) is 5.82 Å². The Bertz CT molecular complexity index is 774. The second-order valence-corrected chi connectivity index (χ2v) is 6.22. The van der Waals surface area contributed by atoms with E-state index in [1.165, 1.54) is 34.8 Å². The van der Waals surface area contributed by atoms with Crippen LogP contribution in [0.15, 0.2) is 35.2 Å². The second-order valence-electron chi connectivity index (χ2n) is 4.44. The first-order valence-electron chi connectivity index (χ1n) is 6.57. The summed E-state index contributed by atoms with van der Waals surface area (Å²) in [4.78, 5) is 16.2.